The van der Waals surface area contributed by atoms with Crippen LogP contribution < -0.4 is 5.01 Å². The molecule has 0 heterocycles. The van der Waals surface area contributed by atoms with Crippen LogP contribution in [0, 0.1) is 0 Å². The molecule has 0 bridgehead atoms. The molecule has 0 N–H and O–H groups in total. The molecule has 0 amide bonds. The zero-order valence-corrected chi connectivity index (χ0v) is 11.8. The lowest BCUT2D eigenvalue weighted by Crippen LogP contribution is -2.08. The highest BCUT2D eigenvalue weighted by atomic mass is 15.4. The third kappa shape index (κ3) is 4.02. The van der Waals surface area contributed by atoms with Crippen molar-refractivity contribution in [2.45, 2.75) is 46.5 Å². The summed E-state index contributed by atoms with van der Waals surface area (Å²) in [6.07, 6.45) is 6.52. The Morgan fingerprint density at radius 1 is 1.22 bits per heavy atom. The van der Waals surface area contributed by atoms with Crippen molar-refractivity contribution in [2.24, 2.45) is 5.10 Å². The molecule has 0 aliphatic rings. The fourth-order valence-electron chi connectivity index (χ4n) is 1.91. The number of allylic oxidation sites excluding steroid dienone is 1. The van der Waals surface area contributed by atoms with Gasteiger partial charge >= 0.3 is 0 Å². The van der Waals surface area contributed by atoms with Gasteiger partial charge in [-0.1, -0.05) is 44.9 Å². The zero-order chi connectivity index (χ0) is 13.4. The Morgan fingerprint density at radius 3 is 2.33 bits per heavy atom. The van der Waals surface area contributed by atoms with E-state index in [2.05, 4.69) is 63.1 Å². The number of hydrogen-bond donors (Lipinski definition) is 0. The van der Waals surface area contributed by atoms with Gasteiger partial charge in [0.05, 0.1) is 5.69 Å². The van der Waals surface area contributed by atoms with Gasteiger partial charge in [0.1, 0.15) is 0 Å². The van der Waals surface area contributed by atoms with E-state index in [0.717, 1.165) is 24.9 Å². The molecule has 0 atom stereocenters. The van der Waals surface area contributed by atoms with Crippen LogP contribution in [-0.2, 0) is 6.42 Å². The van der Waals surface area contributed by atoms with Crippen LogP contribution in [0.25, 0.3) is 0 Å². The number of nitrogens with zero attached hydrogens (tertiary/aromatic N) is 2. The van der Waals surface area contributed by atoms with Crippen LogP contribution >= 0.6 is 0 Å². The molecule has 1 aromatic rings. The maximum Gasteiger partial charge on any atom is 0.0645 e. The van der Waals surface area contributed by atoms with E-state index in [1.807, 2.05) is 5.01 Å². The van der Waals surface area contributed by atoms with Crippen LogP contribution in [0.1, 0.15) is 45.6 Å². The quantitative estimate of drug-likeness (QED) is 0.498. The maximum atomic E-state index is 4.09. The minimum Gasteiger partial charge on any atom is -0.242 e. The lowest BCUT2D eigenvalue weighted by molar-refractivity contribution is 0.845. The van der Waals surface area contributed by atoms with E-state index in [1.54, 1.807) is 0 Å². The molecule has 2 nitrogen and oxygen atoms in total. The summed E-state index contributed by atoms with van der Waals surface area (Å²) in [5, 5.41) is 5.96. The molecule has 0 radical (unpaired) electrons. The van der Waals surface area contributed by atoms with Crippen molar-refractivity contribution >= 4 is 12.4 Å². The highest BCUT2D eigenvalue weighted by Gasteiger charge is 2.02. The Morgan fingerprint density at radius 2 is 1.89 bits per heavy atom. The summed E-state index contributed by atoms with van der Waals surface area (Å²) >= 11 is 0. The summed E-state index contributed by atoms with van der Waals surface area (Å²) in [4.78, 5) is 0. The van der Waals surface area contributed by atoms with Gasteiger partial charge in [-0.2, -0.15) is 5.10 Å². The van der Waals surface area contributed by atoms with E-state index in [0.29, 0.717) is 0 Å². The van der Waals surface area contributed by atoms with Crippen LogP contribution in [0.3, 0.4) is 0 Å². The first-order valence-electron chi connectivity index (χ1n) is 6.79. The molecule has 98 valence electrons. The summed E-state index contributed by atoms with van der Waals surface area (Å²) < 4.78 is 0. The molecule has 0 saturated carbocycles. The third-order valence-electron chi connectivity index (χ3n) is 3.09. The molecule has 0 spiro atoms. The van der Waals surface area contributed by atoms with Crippen LogP contribution in [-0.4, -0.2) is 6.72 Å². The van der Waals surface area contributed by atoms with Crippen LogP contribution in [0.15, 0.2) is 41.1 Å². The van der Waals surface area contributed by atoms with Crippen molar-refractivity contribution in [2.75, 3.05) is 5.01 Å². The largest absolute Gasteiger partial charge is 0.242 e. The van der Waals surface area contributed by atoms with Gasteiger partial charge in [-0.3, -0.25) is 0 Å². The normalized spacial score (nSPS) is 11.4. The van der Waals surface area contributed by atoms with Gasteiger partial charge < -0.3 is 0 Å². The van der Waals surface area contributed by atoms with E-state index >= 15 is 0 Å². The number of hydrogen-bond acceptors (Lipinski definition) is 2. The van der Waals surface area contributed by atoms with E-state index in [-0.39, 0.29) is 0 Å². The predicted molar refractivity (Wildman–Crippen MR) is 81.1 cm³/mol. The Labute approximate surface area is 111 Å². The molecule has 1 aromatic carbocycles. The summed E-state index contributed by atoms with van der Waals surface area (Å²) in [5.74, 6) is 0. The van der Waals surface area contributed by atoms with Crippen LogP contribution in [0.2, 0.25) is 0 Å². The van der Waals surface area contributed by atoms with Gasteiger partial charge in [-0.25, -0.2) is 5.01 Å². The van der Waals surface area contributed by atoms with Crippen LogP contribution in [0.5, 0.6) is 0 Å². The van der Waals surface area contributed by atoms with Gasteiger partial charge in [0, 0.05) is 12.9 Å². The molecular weight excluding hydrogens is 220 g/mol. The summed E-state index contributed by atoms with van der Waals surface area (Å²) in [5.41, 5.74) is 3.82. The van der Waals surface area contributed by atoms with E-state index in [1.165, 1.54) is 17.6 Å². The minimum atomic E-state index is 1.06. The Bertz CT molecular complexity index is 390. The standard InChI is InChI=1S/C16H24N2/c1-5-8-15(7-3)13-18(17-4)16-11-9-14(6-2)10-12-16/h9-13H,4-8H2,1-3H3/b15-13-. The molecule has 0 saturated heterocycles. The molecule has 1 rings (SSSR count). The van der Waals surface area contributed by atoms with Gasteiger partial charge in [0.25, 0.3) is 0 Å². The van der Waals surface area contributed by atoms with Crippen molar-refractivity contribution in [3.8, 4) is 0 Å². The number of hydrazone groups is 1. The highest BCUT2D eigenvalue weighted by molar-refractivity contribution is 5.51. The van der Waals surface area contributed by atoms with Gasteiger partial charge in [-0.15, -0.1) is 0 Å². The van der Waals surface area contributed by atoms with E-state index in [4.69, 9.17) is 0 Å². The molecule has 0 unspecified atom stereocenters. The first-order chi connectivity index (χ1) is 8.74. The van der Waals surface area contributed by atoms with Crippen LogP contribution in [0.4, 0.5) is 5.69 Å². The average Bonchev–Trinajstić information content (AvgIpc) is 2.43. The molecular formula is C16H24N2. The minimum absolute atomic E-state index is 1.06. The van der Waals surface area contributed by atoms with E-state index in [9.17, 15) is 0 Å². The monoisotopic (exact) mass is 244 g/mol. The van der Waals surface area contributed by atoms with E-state index < -0.39 is 0 Å². The first-order valence-corrected chi connectivity index (χ1v) is 6.79. The lowest BCUT2D eigenvalue weighted by Gasteiger charge is -2.16. The third-order valence-corrected chi connectivity index (χ3v) is 3.09. The summed E-state index contributed by atoms with van der Waals surface area (Å²) in [6, 6.07) is 8.49. The van der Waals surface area contributed by atoms with Gasteiger partial charge in [-0.05, 0) is 37.0 Å². The lowest BCUT2D eigenvalue weighted by atomic mass is 10.1. The van der Waals surface area contributed by atoms with Crippen molar-refractivity contribution in [3.05, 3.63) is 41.6 Å². The van der Waals surface area contributed by atoms with Crippen molar-refractivity contribution in [3.63, 3.8) is 0 Å². The molecule has 0 aliphatic carbocycles. The summed E-state index contributed by atoms with van der Waals surface area (Å²) in [7, 11) is 0. The molecule has 0 fully saturated rings. The smallest absolute Gasteiger partial charge is 0.0645 e. The van der Waals surface area contributed by atoms with Gasteiger partial charge in [0.15, 0.2) is 0 Å². The predicted octanol–water partition coefficient (Wildman–Crippen LogP) is 4.77. The maximum absolute atomic E-state index is 4.09. The number of anilines is 1. The Hall–Kier alpha value is -1.57. The van der Waals surface area contributed by atoms with Crippen molar-refractivity contribution < 1.29 is 0 Å². The molecule has 2 heteroatoms. The number of rotatable bonds is 7. The number of benzene rings is 1. The highest BCUT2D eigenvalue weighted by Crippen LogP contribution is 2.19. The van der Waals surface area contributed by atoms with Crippen molar-refractivity contribution in [1.82, 2.24) is 0 Å². The second kappa shape index (κ2) is 7.70. The summed E-state index contributed by atoms with van der Waals surface area (Å²) in [6.45, 7) is 10.2. The van der Waals surface area contributed by atoms with Gasteiger partial charge in [0.2, 0.25) is 0 Å². The number of aryl methyl sites for hydroxylation is 1. The Kier molecular flexibility index (Phi) is 6.20. The molecule has 0 aliphatic heterocycles. The molecule has 0 aromatic heterocycles. The average molecular weight is 244 g/mol. The second-order valence-corrected chi connectivity index (χ2v) is 4.40. The van der Waals surface area contributed by atoms with Crippen molar-refractivity contribution in [1.29, 1.82) is 0 Å². The first kappa shape index (κ1) is 14.5. The zero-order valence-electron chi connectivity index (χ0n) is 11.8. The SMILES string of the molecule is C=NN(/C=C(/CC)CCC)c1ccc(CC)cc1. The Balaban J connectivity index is 2.90. The second-order valence-electron chi connectivity index (χ2n) is 4.40. The fraction of sp³-hybridized carbons (Fsp3) is 0.438. The molecule has 18 heavy (non-hydrogen) atoms. The topological polar surface area (TPSA) is 15.6 Å². The fourth-order valence-corrected chi connectivity index (χ4v) is 1.91.